The van der Waals surface area contributed by atoms with Gasteiger partial charge in [-0.3, -0.25) is 5.10 Å². The molecule has 7 nitrogen and oxygen atoms in total. The molecule has 2 rings (SSSR count). The van der Waals surface area contributed by atoms with Crippen LogP contribution in [0.15, 0.2) is 30.6 Å². The molecule has 2 aromatic rings. The lowest BCUT2D eigenvalue weighted by atomic mass is 10.2. The van der Waals surface area contributed by atoms with E-state index in [0.29, 0.717) is 17.1 Å². The van der Waals surface area contributed by atoms with E-state index in [1.165, 1.54) is 17.7 Å². The summed E-state index contributed by atoms with van der Waals surface area (Å²) in [6.07, 6.45) is 1.34. The lowest BCUT2D eigenvalue weighted by Crippen LogP contribution is -2.28. The summed E-state index contributed by atoms with van der Waals surface area (Å²) < 4.78 is 25.6. The summed E-state index contributed by atoms with van der Waals surface area (Å²) in [5.41, 5.74) is 6.84. The van der Waals surface area contributed by atoms with E-state index in [1.54, 1.807) is 24.3 Å². The van der Waals surface area contributed by atoms with E-state index in [2.05, 4.69) is 15.2 Å². The highest BCUT2D eigenvalue weighted by atomic mass is 32.2. The van der Waals surface area contributed by atoms with Gasteiger partial charge >= 0.3 is 0 Å². The van der Waals surface area contributed by atoms with E-state index >= 15 is 0 Å². The standard InChI is InChI=1S/C11H15N5O2S/c1-16(6-11-13-8-14-15-11)19(17,18)7-9-3-2-4-10(12)5-9/h2-5,8H,6-7,12H2,1H3,(H,13,14,15). The molecule has 0 aliphatic carbocycles. The van der Waals surface area contributed by atoms with Crippen LogP contribution in [0.4, 0.5) is 5.69 Å². The van der Waals surface area contributed by atoms with E-state index in [-0.39, 0.29) is 12.3 Å². The molecule has 0 aliphatic heterocycles. The van der Waals surface area contributed by atoms with Crippen molar-refractivity contribution in [2.45, 2.75) is 12.3 Å². The van der Waals surface area contributed by atoms with Crippen LogP contribution in [0.3, 0.4) is 0 Å². The maximum absolute atomic E-state index is 12.2. The zero-order valence-corrected chi connectivity index (χ0v) is 11.3. The third-order valence-electron chi connectivity index (χ3n) is 2.61. The number of aromatic nitrogens is 3. The maximum atomic E-state index is 12.2. The summed E-state index contributed by atoms with van der Waals surface area (Å²) >= 11 is 0. The molecule has 3 N–H and O–H groups in total. The Bertz CT molecular complexity index is 639. The van der Waals surface area contributed by atoms with Gasteiger partial charge in [0.1, 0.15) is 12.2 Å². The number of aromatic amines is 1. The van der Waals surface area contributed by atoms with Crippen molar-refractivity contribution in [1.82, 2.24) is 19.5 Å². The smallest absolute Gasteiger partial charge is 0.218 e. The van der Waals surface area contributed by atoms with Crippen molar-refractivity contribution in [3.63, 3.8) is 0 Å². The van der Waals surface area contributed by atoms with Gasteiger partial charge in [0.05, 0.1) is 12.3 Å². The van der Waals surface area contributed by atoms with Gasteiger partial charge < -0.3 is 5.73 Å². The third kappa shape index (κ3) is 3.52. The lowest BCUT2D eigenvalue weighted by molar-refractivity contribution is 0.456. The number of hydrogen-bond donors (Lipinski definition) is 2. The number of nitrogens with one attached hydrogen (secondary N) is 1. The van der Waals surface area contributed by atoms with Crippen LogP contribution in [0.5, 0.6) is 0 Å². The van der Waals surface area contributed by atoms with Crippen molar-refractivity contribution in [1.29, 1.82) is 0 Å². The van der Waals surface area contributed by atoms with Crippen LogP contribution in [0.2, 0.25) is 0 Å². The molecule has 0 aliphatic rings. The minimum absolute atomic E-state index is 0.0946. The largest absolute Gasteiger partial charge is 0.399 e. The van der Waals surface area contributed by atoms with E-state index in [9.17, 15) is 8.42 Å². The normalized spacial score (nSPS) is 11.9. The minimum Gasteiger partial charge on any atom is -0.399 e. The molecule has 0 radical (unpaired) electrons. The summed E-state index contributed by atoms with van der Waals surface area (Å²) in [5, 5.41) is 6.30. The fourth-order valence-corrected chi connectivity index (χ4v) is 2.76. The molecule has 1 aromatic carbocycles. The number of hydrogen-bond acceptors (Lipinski definition) is 5. The summed E-state index contributed by atoms with van der Waals surface area (Å²) in [6.45, 7) is 0.157. The van der Waals surface area contributed by atoms with Crippen LogP contribution in [0.25, 0.3) is 0 Å². The molecule has 0 spiro atoms. The van der Waals surface area contributed by atoms with Gasteiger partial charge in [-0.15, -0.1) is 0 Å². The van der Waals surface area contributed by atoms with Crippen LogP contribution in [0, 0.1) is 0 Å². The molecule has 0 bridgehead atoms. The van der Waals surface area contributed by atoms with Gasteiger partial charge in [0.25, 0.3) is 0 Å². The molecule has 1 aromatic heterocycles. The van der Waals surface area contributed by atoms with Gasteiger partial charge in [0.15, 0.2) is 0 Å². The first-order chi connectivity index (χ1) is 8.97. The van der Waals surface area contributed by atoms with Gasteiger partial charge in [0, 0.05) is 12.7 Å². The van der Waals surface area contributed by atoms with E-state index < -0.39 is 10.0 Å². The molecule has 0 amide bonds. The summed E-state index contributed by atoms with van der Waals surface area (Å²) in [7, 11) is -1.91. The van der Waals surface area contributed by atoms with Gasteiger partial charge in [-0.2, -0.15) is 9.40 Å². The van der Waals surface area contributed by atoms with Gasteiger partial charge in [-0.1, -0.05) is 12.1 Å². The fraction of sp³-hybridized carbons (Fsp3) is 0.273. The maximum Gasteiger partial charge on any atom is 0.218 e. The Labute approximate surface area is 111 Å². The first-order valence-corrected chi connectivity index (χ1v) is 7.21. The Balaban J connectivity index is 2.09. The second-order valence-electron chi connectivity index (χ2n) is 4.19. The Kier molecular flexibility index (Phi) is 3.82. The average molecular weight is 281 g/mol. The van der Waals surface area contributed by atoms with Gasteiger partial charge in [-0.05, 0) is 17.7 Å². The Morgan fingerprint density at radius 3 is 2.84 bits per heavy atom. The predicted molar refractivity (Wildman–Crippen MR) is 71.3 cm³/mol. The number of benzene rings is 1. The van der Waals surface area contributed by atoms with Crippen LogP contribution in [-0.2, 0) is 22.3 Å². The Hall–Kier alpha value is -1.93. The quantitative estimate of drug-likeness (QED) is 0.769. The summed E-state index contributed by atoms with van der Waals surface area (Å²) in [5.74, 6) is 0.404. The summed E-state index contributed by atoms with van der Waals surface area (Å²) in [6, 6.07) is 6.83. The third-order valence-corrected chi connectivity index (χ3v) is 4.39. The number of nitrogens with two attached hydrogens (primary N) is 1. The first kappa shape index (κ1) is 13.5. The SMILES string of the molecule is CN(Cc1ncn[nH]1)S(=O)(=O)Cc1cccc(N)c1. The second kappa shape index (κ2) is 5.37. The van der Waals surface area contributed by atoms with Crippen LogP contribution < -0.4 is 5.73 Å². The monoisotopic (exact) mass is 281 g/mol. The molecule has 0 saturated heterocycles. The molecule has 8 heteroatoms. The number of H-pyrrole nitrogens is 1. The Morgan fingerprint density at radius 1 is 1.42 bits per heavy atom. The fourth-order valence-electron chi connectivity index (χ4n) is 1.62. The second-order valence-corrected chi connectivity index (χ2v) is 6.27. The molecular formula is C11H15N5O2S. The van der Waals surface area contributed by atoms with Crippen molar-refractivity contribution in [3.05, 3.63) is 42.0 Å². The molecule has 1 heterocycles. The highest BCUT2D eigenvalue weighted by molar-refractivity contribution is 7.88. The number of nitrogen functional groups attached to an aromatic ring is 1. The topological polar surface area (TPSA) is 105 Å². The van der Waals surface area contributed by atoms with Crippen molar-refractivity contribution in [2.75, 3.05) is 12.8 Å². The highest BCUT2D eigenvalue weighted by Gasteiger charge is 2.19. The number of anilines is 1. The van der Waals surface area contributed by atoms with Gasteiger partial charge in [-0.25, -0.2) is 13.4 Å². The van der Waals surface area contributed by atoms with Crippen molar-refractivity contribution in [2.24, 2.45) is 0 Å². The zero-order chi connectivity index (χ0) is 13.9. The molecular weight excluding hydrogens is 266 g/mol. The number of rotatable bonds is 5. The molecule has 0 saturated carbocycles. The first-order valence-electron chi connectivity index (χ1n) is 5.60. The van der Waals surface area contributed by atoms with Crippen molar-refractivity contribution >= 4 is 15.7 Å². The number of sulfonamides is 1. The van der Waals surface area contributed by atoms with E-state index in [1.807, 2.05) is 0 Å². The molecule has 102 valence electrons. The lowest BCUT2D eigenvalue weighted by Gasteiger charge is -2.15. The Morgan fingerprint density at radius 2 is 2.21 bits per heavy atom. The molecule has 0 atom stereocenters. The molecule has 0 unspecified atom stereocenters. The van der Waals surface area contributed by atoms with Crippen LogP contribution in [-0.4, -0.2) is 35.0 Å². The minimum atomic E-state index is -3.42. The molecule has 0 fully saturated rings. The van der Waals surface area contributed by atoms with Gasteiger partial charge in [0.2, 0.25) is 10.0 Å². The number of nitrogens with zero attached hydrogens (tertiary/aromatic N) is 3. The van der Waals surface area contributed by atoms with Crippen LogP contribution in [0.1, 0.15) is 11.4 Å². The predicted octanol–water partition coefficient (Wildman–Crippen LogP) is 0.349. The van der Waals surface area contributed by atoms with Crippen molar-refractivity contribution < 1.29 is 8.42 Å². The van der Waals surface area contributed by atoms with E-state index in [4.69, 9.17) is 5.73 Å². The zero-order valence-electron chi connectivity index (χ0n) is 10.4. The van der Waals surface area contributed by atoms with Crippen molar-refractivity contribution in [3.8, 4) is 0 Å². The highest BCUT2D eigenvalue weighted by Crippen LogP contribution is 2.13. The van der Waals surface area contributed by atoms with E-state index in [0.717, 1.165) is 0 Å². The molecule has 19 heavy (non-hydrogen) atoms. The summed E-state index contributed by atoms with van der Waals surface area (Å²) in [4.78, 5) is 3.90. The van der Waals surface area contributed by atoms with Crippen LogP contribution >= 0.6 is 0 Å². The average Bonchev–Trinajstić information content (AvgIpc) is 2.81.